The van der Waals surface area contributed by atoms with Gasteiger partial charge in [0.2, 0.25) is 5.91 Å². The van der Waals surface area contributed by atoms with Gasteiger partial charge >= 0.3 is 5.97 Å². The number of hydrogen-bond donors (Lipinski definition) is 9. The second-order valence-corrected chi connectivity index (χ2v) is 6.85. The quantitative estimate of drug-likeness (QED) is 0.219. The highest BCUT2D eigenvalue weighted by Gasteiger charge is 2.53. The van der Waals surface area contributed by atoms with Crippen molar-refractivity contribution in [3.8, 4) is 5.75 Å². The second-order valence-electron chi connectivity index (χ2n) is 6.85. The lowest BCUT2D eigenvalue weighted by Gasteiger charge is -2.46. The lowest BCUT2D eigenvalue weighted by molar-refractivity contribution is -0.196. The average molecular weight is 399 g/mol. The molecule has 1 aromatic carbocycles. The maximum atomic E-state index is 12.4. The Balaban J connectivity index is 2.10. The predicted molar refractivity (Wildman–Crippen MR) is 95.2 cm³/mol. The monoisotopic (exact) mass is 399 g/mol. The standard InChI is InChI=1S/C17H25N3O8/c18-10(5-8-1-3-9(22)4-2-8)15(25)20-13(16(26)27)12-14(24)17(28,7-21)11(23)6-19-12/h1-4,10-14,19,21-24,28H,5-7,18H2,(H,20,25)(H,26,27)/t10-,11-,12-,13?,14-,17-/m0/s1. The van der Waals surface area contributed by atoms with E-state index in [0.717, 1.165) is 0 Å². The van der Waals surface area contributed by atoms with Gasteiger partial charge in [-0.1, -0.05) is 12.1 Å². The molecule has 0 aromatic heterocycles. The Kier molecular flexibility index (Phi) is 6.93. The van der Waals surface area contributed by atoms with Gasteiger partial charge in [0, 0.05) is 6.54 Å². The van der Waals surface area contributed by atoms with Crippen LogP contribution in [-0.2, 0) is 16.0 Å². The van der Waals surface area contributed by atoms with Crippen LogP contribution < -0.4 is 16.4 Å². The number of aromatic hydroxyl groups is 1. The third kappa shape index (κ3) is 4.58. The van der Waals surface area contributed by atoms with Crippen LogP contribution in [0.15, 0.2) is 24.3 Å². The molecular weight excluding hydrogens is 374 g/mol. The number of carboxylic acid groups (broad SMARTS) is 1. The number of carboxylic acids is 1. The molecule has 0 bridgehead atoms. The summed E-state index contributed by atoms with van der Waals surface area (Å²) in [6, 6.07) is 1.78. The van der Waals surface area contributed by atoms with E-state index in [1.165, 1.54) is 12.1 Å². The Hall–Kier alpha value is -2.28. The second kappa shape index (κ2) is 8.82. The normalized spacial score (nSPS) is 29.7. The van der Waals surface area contributed by atoms with Crippen molar-refractivity contribution in [2.45, 2.75) is 42.4 Å². The highest BCUT2D eigenvalue weighted by molar-refractivity contribution is 5.87. The molecule has 1 fully saturated rings. The van der Waals surface area contributed by atoms with Gasteiger partial charge in [0.25, 0.3) is 0 Å². The first kappa shape index (κ1) is 22.0. The van der Waals surface area contributed by atoms with Crippen molar-refractivity contribution < 1.29 is 40.2 Å². The fourth-order valence-electron chi connectivity index (χ4n) is 3.09. The number of aliphatic hydroxyl groups excluding tert-OH is 3. The SMILES string of the molecule is N[C@@H](Cc1ccc(O)cc1)C(=O)NC(C(=O)O)[C@@H]1NC[C@H](O)[C@@](O)(CO)[C@H]1O. The fraction of sp³-hybridized carbons (Fsp3) is 0.529. The van der Waals surface area contributed by atoms with Gasteiger partial charge in [-0.25, -0.2) is 4.79 Å². The van der Waals surface area contributed by atoms with E-state index in [-0.39, 0.29) is 18.7 Å². The zero-order valence-corrected chi connectivity index (χ0v) is 14.9. The van der Waals surface area contributed by atoms with Gasteiger partial charge in [0.05, 0.1) is 24.8 Å². The number of phenolic OH excluding ortho intramolecular Hbond substituents is 1. The summed E-state index contributed by atoms with van der Waals surface area (Å²) >= 11 is 0. The summed E-state index contributed by atoms with van der Waals surface area (Å²) in [5, 5.41) is 63.1. The number of carbonyl (C=O) groups excluding carboxylic acids is 1. The van der Waals surface area contributed by atoms with E-state index in [0.29, 0.717) is 5.56 Å². The molecule has 0 radical (unpaired) electrons. The number of piperidine rings is 1. The van der Waals surface area contributed by atoms with Gasteiger partial charge in [-0.15, -0.1) is 0 Å². The molecule has 1 aromatic rings. The lowest BCUT2D eigenvalue weighted by Crippen LogP contribution is -2.74. The summed E-state index contributed by atoms with van der Waals surface area (Å²) in [6.07, 6.45) is -3.35. The van der Waals surface area contributed by atoms with E-state index in [4.69, 9.17) is 5.73 Å². The van der Waals surface area contributed by atoms with Crippen molar-refractivity contribution in [2.75, 3.05) is 13.2 Å². The van der Waals surface area contributed by atoms with Gasteiger partial charge in [-0.05, 0) is 24.1 Å². The van der Waals surface area contributed by atoms with Crippen LogP contribution in [0.2, 0.25) is 0 Å². The van der Waals surface area contributed by atoms with E-state index in [9.17, 15) is 40.2 Å². The molecule has 2 rings (SSSR count). The number of carbonyl (C=O) groups is 2. The molecule has 156 valence electrons. The van der Waals surface area contributed by atoms with Crippen molar-refractivity contribution in [3.05, 3.63) is 29.8 Å². The predicted octanol–water partition coefficient (Wildman–Crippen LogP) is -3.75. The number of aliphatic hydroxyl groups is 4. The molecule has 1 heterocycles. The average Bonchev–Trinajstić information content (AvgIpc) is 2.66. The van der Waals surface area contributed by atoms with Crippen LogP contribution in [0.4, 0.5) is 0 Å². The van der Waals surface area contributed by atoms with Gasteiger partial charge < -0.3 is 47.0 Å². The first-order chi connectivity index (χ1) is 13.1. The topological polar surface area (TPSA) is 206 Å². The smallest absolute Gasteiger partial charge is 0.327 e. The number of β-amino-alcohol motifs (C(OH)–C–C–N with tert-alkyl or cyclic N) is 1. The lowest BCUT2D eigenvalue weighted by atomic mass is 9.80. The molecule has 11 heteroatoms. The third-order valence-corrected chi connectivity index (χ3v) is 4.88. The van der Waals surface area contributed by atoms with E-state index in [1.807, 2.05) is 0 Å². The van der Waals surface area contributed by atoms with Crippen molar-refractivity contribution >= 4 is 11.9 Å². The number of rotatable bonds is 7. The maximum Gasteiger partial charge on any atom is 0.327 e. The molecule has 0 aliphatic carbocycles. The zero-order valence-electron chi connectivity index (χ0n) is 14.9. The summed E-state index contributed by atoms with van der Waals surface area (Å²) < 4.78 is 0. The Bertz CT molecular complexity index is 700. The molecule has 0 spiro atoms. The summed E-state index contributed by atoms with van der Waals surface area (Å²) in [7, 11) is 0. The number of hydrogen-bond acceptors (Lipinski definition) is 9. The molecule has 1 unspecified atom stereocenters. The molecule has 11 nitrogen and oxygen atoms in total. The van der Waals surface area contributed by atoms with E-state index in [1.54, 1.807) is 12.1 Å². The number of amides is 1. The Morgan fingerprint density at radius 3 is 2.43 bits per heavy atom. The van der Waals surface area contributed by atoms with E-state index >= 15 is 0 Å². The van der Waals surface area contributed by atoms with Crippen molar-refractivity contribution in [2.24, 2.45) is 5.73 Å². The molecule has 28 heavy (non-hydrogen) atoms. The van der Waals surface area contributed by atoms with E-state index < -0.39 is 54.4 Å². The van der Waals surface area contributed by atoms with Crippen LogP contribution in [0.3, 0.4) is 0 Å². The molecule has 1 amide bonds. The van der Waals surface area contributed by atoms with Crippen LogP contribution >= 0.6 is 0 Å². The number of phenols is 1. The largest absolute Gasteiger partial charge is 0.508 e. The molecular formula is C17H25N3O8. The van der Waals surface area contributed by atoms with Crippen LogP contribution in [0, 0.1) is 0 Å². The number of nitrogens with two attached hydrogens (primary N) is 1. The molecule has 0 saturated carbocycles. The first-order valence-corrected chi connectivity index (χ1v) is 8.59. The van der Waals surface area contributed by atoms with Crippen LogP contribution in [0.1, 0.15) is 5.56 Å². The van der Waals surface area contributed by atoms with Crippen LogP contribution in [0.5, 0.6) is 5.75 Å². The summed E-state index contributed by atoms with van der Waals surface area (Å²) in [5.74, 6) is -2.27. The van der Waals surface area contributed by atoms with Gasteiger partial charge in [-0.3, -0.25) is 4.79 Å². The number of nitrogens with one attached hydrogen (secondary N) is 2. The Morgan fingerprint density at radius 1 is 1.29 bits per heavy atom. The van der Waals surface area contributed by atoms with Crippen molar-refractivity contribution in [1.82, 2.24) is 10.6 Å². The highest BCUT2D eigenvalue weighted by Crippen LogP contribution is 2.24. The first-order valence-electron chi connectivity index (χ1n) is 8.59. The number of benzene rings is 1. The summed E-state index contributed by atoms with van der Waals surface area (Å²) in [5.41, 5.74) is 4.12. The van der Waals surface area contributed by atoms with Gasteiger partial charge in [0.1, 0.15) is 23.5 Å². The minimum atomic E-state index is -2.34. The van der Waals surface area contributed by atoms with Crippen LogP contribution in [0.25, 0.3) is 0 Å². The number of aliphatic carboxylic acids is 1. The van der Waals surface area contributed by atoms with Gasteiger partial charge in [0.15, 0.2) is 0 Å². The molecule has 6 atom stereocenters. The molecule has 10 N–H and O–H groups in total. The van der Waals surface area contributed by atoms with E-state index in [2.05, 4.69) is 10.6 Å². The maximum absolute atomic E-state index is 12.4. The summed E-state index contributed by atoms with van der Waals surface area (Å²) in [6.45, 7) is -1.31. The summed E-state index contributed by atoms with van der Waals surface area (Å²) in [4.78, 5) is 24.0. The minimum absolute atomic E-state index is 0.0450. The van der Waals surface area contributed by atoms with Crippen LogP contribution in [-0.4, -0.2) is 91.6 Å². The van der Waals surface area contributed by atoms with Gasteiger partial charge in [-0.2, -0.15) is 0 Å². The third-order valence-electron chi connectivity index (χ3n) is 4.88. The Morgan fingerprint density at radius 2 is 1.89 bits per heavy atom. The van der Waals surface area contributed by atoms with Crippen molar-refractivity contribution in [1.29, 1.82) is 0 Å². The molecule has 1 aliphatic heterocycles. The zero-order chi connectivity index (χ0) is 21.1. The fourth-order valence-corrected chi connectivity index (χ4v) is 3.09. The highest BCUT2D eigenvalue weighted by atomic mass is 16.4. The Labute approximate surface area is 160 Å². The molecule has 1 aliphatic rings. The molecule has 1 saturated heterocycles. The minimum Gasteiger partial charge on any atom is -0.508 e. The van der Waals surface area contributed by atoms with Crippen molar-refractivity contribution in [3.63, 3.8) is 0 Å².